The minimum Gasteiger partial charge on any atom is -0.461 e. The summed E-state index contributed by atoms with van der Waals surface area (Å²) in [5.74, 6) is -0.279. The quantitative estimate of drug-likeness (QED) is 0.762. The van der Waals surface area contributed by atoms with Gasteiger partial charge in [-0.25, -0.2) is 4.79 Å². The highest BCUT2D eigenvalue weighted by molar-refractivity contribution is 9.10. The molecule has 1 aromatic carbocycles. The number of hydrogen-bond acceptors (Lipinski definition) is 3. The first kappa shape index (κ1) is 15.2. The van der Waals surface area contributed by atoms with Gasteiger partial charge in [-0.05, 0) is 38.1 Å². The number of nitrogens with zero attached hydrogens (tertiary/aromatic N) is 1. The van der Waals surface area contributed by atoms with Crippen molar-refractivity contribution in [3.8, 4) is 0 Å². The highest BCUT2D eigenvalue weighted by atomic mass is 79.9. The predicted octanol–water partition coefficient (Wildman–Crippen LogP) is 4.42. The molecule has 0 spiro atoms. The van der Waals surface area contributed by atoms with E-state index in [4.69, 9.17) is 4.74 Å². The van der Waals surface area contributed by atoms with Crippen molar-refractivity contribution in [1.82, 2.24) is 4.57 Å². The molecule has 20 heavy (non-hydrogen) atoms. The van der Waals surface area contributed by atoms with Crippen molar-refractivity contribution in [1.29, 1.82) is 0 Å². The molecule has 2 rings (SSSR count). The van der Waals surface area contributed by atoms with Crippen LogP contribution in [0.15, 0.2) is 44.6 Å². The van der Waals surface area contributed by atoms with E-state index in [-0.39, 0.29) is 5.97 Å². The molecule has 0 saturated carbocycles. The maximum absolute atomic E-state index is 11.9. The first-order valence-corrected chi connectivity index (χ1v) is 7.90. The summed E-state index contributed by atoms with van der Waals surface area (Å²) in [5.41, 5.74) is 1.64. The van der Waals surface area contributed by atoms with Gasteiger partial charge in [0.2, 0.25) is 0 Å². The van der Waals surface area contributed by atoms with Gasteiger partial charge in [-0.1, -0.05) is 33.8 Å². The van der Waals surface area contributed by atoms with E-state index in [1.807, 2.05) is 49.7 Å². The molecule has 0 radical (unpaired) electrons. The van der Waals surface area contributed by atoms with Crippen molar-refractivity contribution in [3.63, 3.8) is 0 Å². The second kappa shape index (κ2) is 6.50. The number of aromatic nitrogens is 1. The Hall–Kier alpha value is -1.20. The normalized spacial score (nSPS) is 10.6. The lowest BCUT2D eigenvalue weighted by Gasteiger charge is -2.04. The fourth-order valence-corrected chi connectivity index (χ4v) is 3.43. The molecule has 1 aromatic heterocycles. The van der Waals surface area contributed by atoms with Crippen LogP contribution >= 0.6 is 27.7 Å². The molecule has 0 N–H and O–H groups in total. The molecule has 3 nitrogen and oxygen atoms in total. The lowest BCUT2D eigenvalue weighted by Crippen LogP contribution is -2.10. The van der Waals surface area contributed by atoms with Crippen LogP contribution in [-0.4, -0.2) is 17.1 Å². The van der Waals surface area contributed by atoms with Crippen molar-refractivity contribution in [2.24, 2.45) is 7.05 Å². The minimum atomic E-state index is -0.279. The summed E-state index contributed by atoms with van der Waals surface area (Å²) in [7, 11) is 1.88. The van der Waals surface area contributed by atoms with Crippen LogP contribution in [0, 0.1) is 6.92 Å². The molecule has 1 heterocycles. The van der Waals surface area contributed by atoms with E-state index in [1.165, 1.54) is 0 Å². The molecule has 0 fully saturated rings. The van der Waals surface area contributed by atoms with Gasteiger partial charge < -0.3 is 9.30 Å². The zero-order valence-corrected chi connectivity index (χ0v) is 14.0. The Morgan fingerprint density at radius 2 is 2.15 bits per heavy atom. The van der Waals surface area contributed by atoms with Gasteiger partial charge in [-0.2, -0.15) is 0 Å². The molecule has 0 unspecified atom stereocenters. The summed E-state index contributed by atoms with van der Waals surface area (Å²) in [6.45, 7) is 4.20. The lowest BCUT2D eigenvalue weighted by molar-refractivity contribution is 0.0515. The number of esters is 1. The Kier molecular flexibility index (Phi) is 4.94. The fourth-order valence-electron chi connectivity index (χ4n) is 1.83. The monoisotopic (exact) mass is 353 g/mol. The van der Waals surface area contributed by atoms with E-state index in [2.05, 4.69) is 22.0 Å². The Bertz CT molecular complexity index is 637. The number of carbonyl (C=O) groups excluding carboxylic acids is 1. The molecule has 0 bridgehead atoms. The zero-order chi connectivity index (χ0) is 14.7. The lowest BCUT2D eigenvalue weighted by atomic mass is 10.4. The van der Waals surface area contributed by atoms with E-state index < -0.39 is 0 Å². The number of halogens is 1. The number of carbonyl (C=O) groups is 1. The van der Waals surface area contributed by atoms with Crippen molar-refractivity contribution < 1.29 is 9.53 Å². The standard InChI is InChI=1S/C15H16BrNO2S/c1-4-19-15(18)13-9-14(10(2)17(13)3)20-12-7-5-6-11(16)8-12/h5-9H,4H2,1-3H3. The van der Waals surface area contributed by atoms with Crippen LogP contribution < -0.4 is 0 Å². The number of rotatable bonds is 4. The maximum atomic E-state index is 11.9. The average Bonchev–Trinajstić information content (AvgIpc) is 2.68. The van der Waals surface area contributed by atoms with E-state index in [9.17, 15) is 4.79 Å². The molecule has 0 aliphatic carbocycles. The molecule has 0 aliphatic heterocycles. The molecule has 0 aliphatic rings. The van der Waals surface area contributed by atoms with E-state index in [0.717, 1.165) is 20.0 Å². The van der Waals surface area contributed by atoms with Gasteiger partial charge >= 0.3 is 5.97 Å². The van der Waals surface area contributed by atoms with E-state index in [0.29, 0.717) is 12.3 Å². The summed E-state index contributed by atoms with van der Waals surface area (Å²) in [4.78, 5) is 14.1. The van der Waals surface area contributed by atoms with Crippen LogP contribution in [0.4, 0.5) is 0 Å². The number of hydrogen-bond donors (Lipinski definition) is 0. The third kappa shape index (κ3) is 3.27. The summed E-state index contributed by atoms with van der Waals surface area (Å²) >= 11 is 5.11. The largest absolute Gasteiger partial charge is 0.461 e. The highest BCUT2D eigenvalue weighted by Crippen LogP contribution is 2.33. The summed E-state index contributed by atoms with van der Waals surface area (Å²) < 4.78 is 7.99. The van der Waals surface area contributed by atoms with Crippen molar-refractivity contribution in [2.75, 3.05) is 6.61 Å². The van der Waals surface area contributed by atoms with Gasteiger partial charge in [0.15, 0.2) is 0 Å². The topological polar surface area (TPSA) is 31.2 Å². The van der Waals surface area contributed by atoms with Crippen LogP contribution in [0.5, 0.6) is 0 Å². The van der Waals surface area contributed by atoms with Crippen molar-refractivity contribution in [2.45, 2.75) is 23.6 Å². The SMILES string of the molecule is CCOC(=O)c1cc(Sc2cccc(Br)c2)c(C)n1C. The predicted molar refractivity (Wildman–Crippen MR) is 84.4 cm³/mol. The van der Waals surface area contributed by atoms with Gasteiger partial charge in [-0.15, -0.1) is 0 Å². The van der Waals surface area contributed by atoms with Gasteiger partial charge in [-0.3, -0.25) is 0 Å². The molecule has 106 valence electrons. The van der Waals surface area contributed by atoms with Gasteiger partial charge in [0.05, 0.1) is 6.61 Å². The van der Waals surface area contributed by atoms with E-state index in [1.54, 1.807) is 11.8 Å². The molecular formula is C15H16BrNO2S. The second-order valence-electron chi connectivity index (χ2n) is 4.32. The van der Waals surface area contributed by atoms with Crippen LogP contribution in [-0.2, 0) is 11.8 Å². The Balaban J connectivity index is 2.29. The highest BCUT2D eigenvalue weighted by Gasteiger charge is 2.17. The van der Waals surface area contributed by atoms with Crippen LogP contribution in [0.3, 0.4) is 0 Å². The van der Waals surface area contributed by atoms with Crippen LogP contribution in [0.1, 0.15) is 23.1 Å². The second-order valence-corrected chi connectivity index (χ2v) is 6.35. The van der Waals surface area contributed by atoms with Crippen molar-refractivity contribution in [3.05, 3.63) is 46.2 Å². The smallest absolute Gasteiger partial charge is 0.354 e. The van der Waals surface area contributed by atoms with E-state index >= 15 is 0 Å². The van der Waals surface area contributed by atoms with Crippen LogP contribution in [0.25, 0.3) is 0 Å². The first-order chi connectivity index (χ1) is 9.52. The third-order valence-electron chi connectivity index (χ3n) is 3.00. The number of benzene rings is 1. The maximum Gasteiger partial charge on any atom is 0.354 e. The van der Waals surface area contributed by atoms with Gasteiger partial charge in [0.1, 0.15) is 5.69 Å². The summed E-state index contributed by atoms with van der Waals surface area (Å²) in [5, 5.41) is 0. The summed E-state index contributed by atoms with van der Waals surface area (Å²) in [6.07, 6.45) is 0. The molecule has 0 saturated heterocycles. The van der Waals surface area contributed by atoms with Gasteiger partial charge in [0, 0.05) is 27.0 Å². The number of ether oxygens (including phenoxy) is 1. The first-order valence-electron chi connectivity index (χ1n) is 6.29. The van der Waals surface area contributed by atoms with Crippen molar-refractivity contribution >= 4 is 33.7 Å². The molecular weight excluding hydrogens is 338 g/mol. The van der Waals surface area contributed by atoms with Gasteiger partial charge in [0.25, 0.3) is 0 Å². The summed E-state index contributed by atoms with van der Waals surface area (Å²) in [6, 6.07) is 9.98. The minimum absolute atomic E-state index is 0.279. The Labute approximate surface area is 131 Å². The molecule has 5 heteroatoms. The molecule has 2 aromatic rings. The third-order valence-corrected chi connectivity index (χ3v) is 4.61. The molecule has 0 amide bonds. The Morgan fingerprint density at radius 1 is 1.40 bits per heavy atom. The molecule has 0 atom stereocenters. The zero-order valence-electron chi connectivity index (χ0n) is 11.6. The Morgan fingerprint density at radius 3 is 2.80 bits per heavy atom. The fraction of sp³-hybridized carbons (Fsp3) is 0.267. The van der Waals surface area contributed by atoms with Crippen LogP contribution in [0.2, 0.25) is 0 Å². The average molecular weight is 354 g/mol.